The van der Waals surface area contributed by atoms with E-state index in [1.807, 2.05) is 18.2 Å². The van der Waals surface area contributed by atoms with Gasteiger partial charge in [0.2, 0.25) is 5.91 Å². The summed E-state index contributed by atoms with van der Waals surface area (Å²) in [6.45, 7) is 1.13. The van der Waals surface area contributed by atoms with E-state index in [4.69, 9.17) is 0 Å². The molecule has 25 heavy (non-hydrogen) atoms. The Labute approximate surface area is 147 Å². The number of rotatable bonds is 5. The summed E-state index contributed by atoms with van der Waals surface area (Å²) in [5.74, 6) is -1.02. The number of amides is 2. The number of likely N-dealkylation sites (tertiary alicyclic amines) is 1. The SMILES string of the molecule is O=C(NC1CCN(C(=O)CC2(C(=O)O)CCC2)CC1)c1ccccc1. The predicted octanol–water partition coefficient (Wildman–Crippen LogP) is 2.05. The minimum atomic E-state index is -0.850. The molecule has 2 amide bonds. The van der Waals surface area contributed by atoms with Crippen LogP contribution in [0.5, 0.6) is 0 Å². The second kappa shape index (κ2) is 7.25. The number of aliphatic carboxylic acids is 1. The highest BCUT2D eigenvalue weighted by atomic mass is 16.4. The lowest BCUT2D eigenvalue weighted by atomic mass is 9.66. The van der Waals surface area contributed by atoms with Crippen LogP contribution in [0, 0.1) is 5.41 Å². The first-order valence-corrected chi connectivity index (χ1v) is 8.87. The van der Waals surface area contributed by atoms with Crippen molar-refractivity contribution in [3.8, 4) is 0 Å². The highest BCUT2D eigenvalue weighted by Gasteiger charge is 2.46. The summed E-state index contributed by atoms with van der Waals surface area (Å²) in [6, 6.07) is 9.13. The number of carboxylic acid groups (broad SMARTS) is 1. The van der Waals surface area contributed by atoms with Crippen molar-refractivity contribution in [2.75, 3.05) is 13.1 Å². The Hall–Kier alpha value is -2.37. The Morgan fingerprint density at radius 1 is 1.12 bits per heavy atom. The second-order valence-electron chi connectivity index (χ2n) is 7.11. The van der Waals surface area contributed by atoms with Crippen LogP contribution in [-0.2, 0) is 9.59 Å². The quantitative estimate of drug-likeness (QED) is 0.856. The van der Waals surface area contributed by atoms with Crippen molar-refractivity contribution in [2.24, 2.45) is 5.41 Å². The van der Waals surface area contributed by atoms with Gasteiger partial charge in [0.05, 0.1) is 5.41 Å². The Morgan fingerprint density at radius 3 is 2.28 bits per heavy atom. The Morgan fingerprint density at radius 2 is 1.76 bits per heavy atom. The molecule has 0 atom stereocenters. The standard InChI is InChI=1S/C19H24N2O4/c22-16(13-19(18(24)25)9-4-10-19)21-11-7-15(8-12-21)20-17(23)14-5-2-1-3-6-14/h1-3,5-6,15H,4,7-13H2,(H,20,23)(H,24,25). The number of hydrogen-bond acceptors (Lipinski definition) is 3. The van der Waals surface area contributed by atoms with Crippen LogP contribution in [0.3, 0.4) is 0 Å². The molecule has 0 spiro atoms. The van der Waals surface area contributed by atoms with E-state index in [9.17, 15) is 19.5 Å². The summed E-state index contributed by atoms with van der Waals surface area (Å²) < 4.78 is 0. The van der Waals surface area contributed by atoms with E-state index in [1.165, 1.54) is 0 Å². The molecule has 2 N–H and O–H groups in total. The lowest BCUT2D eigenvalue weighted by molar-refractivity contribution is -0.159. The molecule has 3 rings (SSSR count). The average Bonchev–Trinajstić information content (AvgIpc) is 2.59. The first kappa shape index (κ1) is 17.5. The van der Waals surface area contributed by atoms with Crippen LogP contribution in [0.25, 0.3) is 0 Å². The zero-order valence-corrected chi connectivity index (χ0v) is 14.2. The van der Waals surface area contributed by atoms with E-state index in [1.54, 1.807) is 17.0 Å². The smallest absolute Gasteiger partial charge is 0.310 e. The summed E-state index contributed by atoms with van der Waals surface area (Å²) in [6.07, 6.45) is 3.57. The molecule has 1 aliphatic carbocycles. The van der Waals surface area contributed by atoms with E-state index in [0.717, 1.165) is 6.42 Å². The topological polar surface area (TPSA) is 86.7 Å². The maximum atomic E-state index is 12.4. The van der Waals surface area contributed by atoms with Crippen LogP contribution < -0.4 is 5.32 Å². The molecule has 0 aromatic heterocycles. The summed E-state index contributed by atoms with van der Waals surface area (Å²) in [4.78, 5) is 37.8. The number of carbonyl (C=O) groups is 3. The van der Waals surface area contributed by atoms with E-state index in [-0.39, 0.29) is 24.3 Å². The number of carboxylic acids is 1. The van der Waals surface area contributed by atoms with Gasteiger partial charge in [0.1, 0.15) is 0 Å². The molecule has 1 aliphatic heterocycles. The van der Waals surface area contributed by atoms with Crippen molar-refractivity contribution in [2.45, 2.75) is 44.6 Å². The second-order valence-corrected chi connectivity index (χ2v) is 7.11. The largest absolute Gasteiger partial charge is 0.481 e. The lowest BCUT2D eigenvalue weighted by Gasteiger charge is -2.40. The van der Waals surface area contributed by atoms with E-state index in [2.05, 4.69) is 5.32 Å². The summed E-state index contributed by atoms with van der Waals surface area (Å²) >= 11 is 0. The van der Waals surface area contributed by atoms with E-state index in [0.29, 0.717) is 44.3 Å². The minimum absolute atomic E-state index is 0.0499. The zero-order chi connectivity index (χ0) is 17.9. The fraction of sp³-hybridized carbons (Fsp3) is 0.526. The molecule has 134 valence electrons. The third-order valence-corrected chi connectivity index (χ3v) is 5.47. The van der Waals surface area contributed by atoms with Gasteiger partial charge in [-0.25, -0.2) is 0 Å². The molecule has 1 saturated heterocycles. The third-order valence-electron chi connectivity index (χ3n) is 5.47. The van der Waals surface area contributed by atoms with Gasteiger partial charge >= 0.3 is 5.97 Å². The lowest BCUT2D eigenvalue weighted by Crippen LogP contribution is -2.49. The van der Waals surface area contributed by atoms with Crippen molar-refractivity contribution in [3.05, 3.63) is 35.9 Å². The maximum Gasteiger partial charge on any atom is 0.310 e. The van der Waals surface area contributed by atoms with Crippen molar-refractivity contribution >= 4 is 17.8 Å². The summed E-state index contributed by atoms with van der Waals surface area (Å²) in [5, 5.41) is 12.4. The number of benzene rings is 1. The third kappa shape index (κ3) is 3.83. The minimum Gasteiger partial charge on any atom is -0.481 e. The van der Waals surface area contributed by atoms with Gasteiger partial charge < -0.3 is 15.3 Å². The number of piperidine rings is 1. The molecule has 1 aromatic rings. The fourth-order valence-electron chi connectivity index (χ4n) is 3.60. The molecule has 1 saturated carbocycles. The highest BCUT2D eigenvalue weighted by molar-refractivity contribution is 5.94. The van der Waals surface area contributed by atoms with Crippen LogP contribution in [0.15, 0.2) is 30.3 Å². The molecule has 2 aliphatic rings. The number of nitrogens with zero attached hydrogens (tertiary/aromatic N) is 1. The van der Waals surface area contributed by atoms with Gasteiger partial charge in [-0.3, -0.25) is 14.4 Å². The molecule has 2 fully saturated rings. The molecule has 1 aromatic carbocycles. The average molecular weight is 344 g/mol. The summed E-state index contributed by atoms with van der Waals surface area (Å²) in [5.41, 5.74) is -0.204. The van der Waals surface area contributed by atoms with Gasteiger partial charge in [-0.2, -0.15) is 0 Å². The number of hydrogen-bond donors (Lipinski definition) is 2. The monoisotopic (exact) mass is 344 g/mol. The first-order valence-electron chi connectivity index (χ1n) is 8.87. The number of carbonyl (C=O) groups excluding carboxylic acids is 2. The van der Waals surface area contributed by atoms with Gasteiger partial charge in [-0.1, -0.05) is 24.6 Å². The molecule has 0 unspecified atom stereocenters. The van der Waals surface area contributed by atoms with Crippen molar-refractivity contribution < 1.29 is 19.5 Å². The van der Waals surface area contributed by atoms with Crippen LogP contribution in [0.1, 0.15) is 48.9 Å². The predicted molar refractivity (Wildman–Crippen MR) is 92.0 cm³/mol. The van der Waals surface area contributed by atoms with Crippen molar-refractivity contribution in [3.63, 3.8) is 0 Å². The van der Waals surface area contributed by atoms with Crippen molar-refractivity contribution in [1.82, 2.24) is 10.2 Å². The molecule has 6 nitrogen and oxygen atoms in total. The highest BCUT2D eigenvalue weighted by Crippen LogP contribution is 2.44. The molecular weight excluding hydrogens is 320 g/mol. The Balaban J connectivity index is 1.48. The summed E-state index contributed by atoms with van der Waals surface area (Å²) in [7, 11) is 0. The normalized spacial score (nSPS) is 19.8. The van der Waals surface area contributed by atoms with Gasteiger partial charge in [0.15, 0.2) is 0 Å². The van der Waals surface area contributed by atoms with Crippen molar-refractivity contribution in [1.29, 1.82) is 0 Å². The Kier molecular flexibility index (Phi) is 5.06. The zero-order valence-electron chi connectivity index (χ0n) is 14.2. The van der Waals surface area contributed by atoms with E-state index < -0.39 is 11.4 Å². The van der Waals surface area contributed by atoms with Crippen LogP contribution in [0.2, 0.25) is 0 Å². The van der Waals surface area contributed by atoms with Crippen LogP contribution in [-0.4, -0.2) is 46.9 Å². The molecule has 6 heteroatoms. The molecule has 0 bridgehead atoms. The van der Waals surface area contributed by atoms with Crippen LogP contribution in [0.4, 0.5) is 0 Å². The van der Waals surface area contributed by atoms with Crippen LogP contribution >= 0.6 is 0 Å². The molecule has 0 radical (unpaired) electrons. The first-order chi connectivity index (χ1) is 12.0. The van der Waals surface area contributed by atoms with Gasteiger partial charge in [-0.05, 0) is 37.8 Å². The molecular formula is C19H24N2O4. The number of nitrogens with one attached hydrogen (secondary N) is 1. The van der Waals surface area contributed by atoms with Gasteiger partial charge in [0, 0.05) is 31.1 Å². The van der Waals surface area contributed by atoms with E-state index >= 15 is 0 Å². The maximum absolute atomic E-state index is 12.4. The Bertz CT molecular complexity index is 647. The van der Waals surface area contributed by atoms with Gasteiger partial charge in [-0.15, -0.1) is 0 Å². The fourth-order valence-corrected chi connectivity index (χ4v) is 3.60. The molecule has 1 heterocycles. The van der Waals surface area contributed by atoms with Gasteiger partial charge in [0.25, 0.3) is 5.91 Å².